The standard InChI is InChI=1S/C30H28N4O3/c1-34(27-13-6-3-7-14-27)30(37)24-11-8-12-26(19-24)31-21-28(35)33-25-17-15-23(16-18-25)29(36)32-20-22-9-4-2-5-10-22/h2-19,31H,20-21H2,1H3,(H,32,36)(H,33,35). The molecule has 0 aliphatic carbocycles. The average Bonchev–Trinajstić information content (AvgIpc) is 2.95. The van der Waals surface area contributed by atoms with Crippen molar-refractivity contribution in [3.05, 3.63) is 126 Å². The van der Waals surface area contributed by atoms with Gasteiger partial charge < -0.3 is 20.9 Å². The SMILES string of the molecule is CN(C(=O)c1cccc(NCC(=O)Nc2ccc(C(=O)NCc3ccccc3)cc2)c1)c1ccccc1. The third-order valence-electron chi connectivity index (χ3n) is 5.74. The van der Waals surface area contributed by atoms with Gasteiger partial charge in [-0.25, -0.2) is 0 Å². The Morgan fingerprint density at radius 2 is 1.38 bits per heavy atom. The Labute approximate surface area is 216 Å². The second-order valence-corrected chi connectivity index (χ2v) is 8.43. The van der Waals surface area contributed by atoms with Gasteiger partial charge in [-0.3, -0.25) is 14.4 Å². The summed E-state index contributed by atoms with van der Waals surface area (Å²) in [5, 5.41) is 8.74. The Hall–Kier alpha value is -4.91. The molecule has 0 atom stereocenters. The number of anilines is 3. The molecule has 4 aromatic carbocycles. The number of hydrogen-bond acceptors (Lipinski definition) is 4. The molecule has 3 amide bonds. The summed E-state index contributed by atoms with van der Waals surface area (Å²) in [6.07, 6.45) is 0. The molecular weight excluding hydrogens is 464 g/mol. The number of nitrogens with one attached hydrogen (secondary N) is 3. The van der Waals surface area contributed by atoms with Crippen LogP contribution in [0.25, 0.3) is 0 Å². The zero-order chi connectivity index (χ0) is 26.0. The second-order valence-electron chi connectivity index (χ2n) is 8.43. The van der Waals surface area contributed by atoms with E-state index in [-0.39, 0.29) is 24.3 Å². The van der Waals surface area contributed by atoms with E-state index in [2.05, 4.69) is 16.0 Å². The largest absolute Gasteiger partial charge is 0.376 e. The second kappa shape index (κ2) is 12.2. The third kappa shape index (κ3) is 7.05. The molecule has 0 heterocycles. The molecule has 186 valence electrons. The van der Waals surface area contributed by atoms with Crippen molar-refractivity contribution in [1.82, 2.24) is 5.32 Å². The van der Waals surface area contributed by atoms with E-state index in [1.165, 1.54) is 0 Å². The highest BCUT2D eigenvalue weighted by molar-refractivity contribution is 6.06. The zero-order valence-electron chi connectivity index (χ0n) is 20.5. The zero-order valence-corrected chi connectivity index (χ0v) is 20.5. The lowest BCUT2D eigenvalue weighted by molar-refractivity contribution is -0.114. The van der Waals surface area contributed by atoms with Gasteiger partial charge in [-0.05, 0) is 60.2 Å². The lowest BCUT2D eigenvalue weighted by Crippen LogP contribution is -2.26. The average molecular weight is 493 g/mol. The monoisotopic (exact) mass is 492 g/mol. The first-order valence-electron chi connectivity index (χ1n) is 11.9. The van der Waals surface area contributed by atoms with E-state index in [1.807, 2.05) is 60.7 Å². The van der Waals surface area contributed by atoms with Crippen molar-refractivity contribution < 1.29 is 14.4 Å². The van der Waals surface area contributed by atoms with Crippen molar-refractivity contribution in [3.63, 3.8) is 0 Å². The van der Waals surface area contributed by atoms with Crippen LogP contribution in [0, 0.1) is 0 Å². The summed E-state index contributed by atoms with van der Waals surface area (Å²) in [5.41, 5.74) is 4.08. The molecular formula is C30H28N4O3. The predicted octanol–water partition coefficient (Wildman–Crippen LogP) is 4.94. The van der Waals surface area contributed by atoms with E-state index in [9.17, 15) is 14.4 Å². The van der Waals surface area contributed by atoms with Crippen LogP contribution >= 0.6 is 0 Å². The van der Waals surface area contributed by atoms with Crippen molar-refractivity contribution in [2.45, 2.75) is 6.54 Å². The summed E-state index contributed by atoms with van der Waals surface area (Å²) >= 11 is 0. The van der Waals surface area contributed by atoms with Crippen molar-refractivity contribution in [1.29, 1.82) is 0 Å². The number of carbonyl (C=O) groups excluding carboxylic acids is 3. The van der Waals surface area contributed by atoms with Crippen LogP contribution in [0.5, 0.6) is 0 Å². The van der Waals surface area contributed by atoms with Gasteiger partial charge in [-0.1, -0.05) is 54.6 Å². The molecule has 0 aliphatic heterocycles. The van der Waals surface area contributed by atoms with Crippen LogP contribution in [-0.4, -0.2) is 31.3 Å². The van der Waals surface area contributed by atoms with E-state index in [4.69, 9.17) is 0 Å². The van der Waals surface area contributed by atoms with Crippen molar-refractivity contribution in [3.8, 4) is 0 Å². The molecule has 7 heteroatoms. The number of rotatable bonds is 9. The van der Waals surface area contributed by atoms with Crippen molar-refractivity contribution in [2.24, 2.45) is 0 Å². The van der Waals surface area contributed by atoms with E-state index < -0.39 is 0 Å². The summed E-state index contributed by atoms with van der Waals surface area (Å²) in [4.78, 5) is 39.3. The Kier molecular flexibility index (Phi) is 8.29. The predicted molar refractivity (Wildman–Crippen MR) is 147 cm³/mol. The van der Waals surface area contributed by atoms with Crippen LogP contribution in [0.2, 0.25) is 0 Å². The summed E-state index contributed by atoms with van der Waals surface area (Å²) in [6, 6.07) is 32.8. The molecule has 0 saturated carbocycles. The highest BCUT2D eigenvalue weighted by atomic mass is 16.2. The third-order valence-corrected chi connectivity index (χ3v) is 5.74. The van der Waals surface area contributed by atoms with Gasteiger partial charge in [0, 0.05) is 41.8 Å². The van der Waals surface area contributed by atoms with E-state index in [1.54, 1.807) is 60.5 Å². The number of benzene rings is 4. The Morgan fingerprint density at radius 3 is 2.08 bits per heavy atom. The van der Waals surface area contributed by atoms with Gasteiger partial charge in [-0.15, -0.1) is 0 Å². The molecule has 0 aromatic heterocycles. The number of nitrogens with zero attached hydrogens (tertiary/aromatic N) is 1. The normalized spacial score (nSPS) is 10.3. The van der Waals surface area contributed by atoms with Crippen LogP contribution < -0.4 is 20.9 Å². The summed E-state index contributed by atoms with van der Waals surface area (Å²) in [5.74, 6) is -0.581. The van der Waals surface area contributed by atoms with Crippen LogP contribution in [0.15, 0.2) is 109 Å². The number of hydrogen-bond donors (Lipinski definition) is 3. The Morgan fingerprint density at radius 1 is 0.703 bits per heavy atom. The van der Waals surface area contributed by atoms with E-state index >= 15 is 0 Å². The molecule has 4 rings (SSSR count). The van der Waals surface area contributed by atoms with Crippen LogP contribution in [0.4, 0.5) is 17.1 Å². The van der Waals surface area contributed by atoms with Crippen LogP contribution in [0.1, 0.15) is 26.3 Å². The first-order chi connectivity index (χ1) is 18.0. The Balaban J connectivity index is 1.27. The lowest BCUT2D eigenvalue weighted by atomic mass is 10.1. The van der Waals surface area contributed by atoms with Crippen molar-refractivity contribution in [2.75, 3.05) is 29.1 Å². The molecule has 0 bridgehead atoms. The minimum Gasteiger partial charge on any atom is -0.376 e. The van der Waals surface area contributed by atoms with Crippen LogP contribution in [0.3, 0.4) is 0 Å². The summed E-state index contributed by atoms with van der Waals surface area (Å²) in [7, 11) is 1.73. The van der Waals surface area contributed by atoms with Crippen molar-refractivity contribution >= 4 is 34.8 Å². The first-order valence-corrected chi connectivity index (χ1v) is 11.9. The van der Waals surface area contributed by atoms with Gasteiger partial charge in [0.25, 0.3) is 11.8 Å². The fourth-order valence-corrected chi connectivity index (χ4v) is 3.70. The van der Waals surface area contributed by atoms with Gasteiger partial charge in [0.2, 0.25) is 5.91 Å². The number of para-hydroxylation sites is 1. The molecule has 0 spiro atoms. The molecule has 0 unspecified atom stereocenters. The van der Waals surface area contributed by atoms with E-state index in [0.29, 0.717) is 29.0 Å². The van der Waals surface area contributed by atoms with Gasteiger partial charge in [0.05, 0.1) is 6.54 Å². The summed E-state index contributed by atoms with van der Waals surface area (Å²) < 4.78 is 0. The molecule has 4 aromatic rings. The fraction of sp³-hybridized carbons (Fsp3) is 0.100. The van der Waals surface area contributed by atoms with E-state index in [0.717, 1.165) is 11.3 Å². The highest BCUT2D eigenvalue weighted by Crippen LogP contribution is 2.17. The molecule has 0 saturated heterocycles. The first kappa shape index (κ1) is 25.2. The molecule has 3 N–H and O–H groups in total. The molecule has 0 radical (unpaired) electrons. The van der Waals surface area contributed by atoms with Crippen LogP contribution in [-0.2, 0) is 11.3 Å². The maximum atomic E-state index is 12.9. The molecule has 37 heavy (non-hydrogen) atoms. The topological polar surface area (TPSA) is 90.5 Å². The maximum Gasteiger partial charge on any atom is 0.258 e. The minimum absolute atomic E-state index is 0.0193. The minimum atomic E-state index is -0.251. The Bertz CT molecular complexity index is 1360. The fourth-order valence-electron chi connectivity index (χ4n) is 3.70. The van der Waals surface area contributed by atoms with Gasteiger partial charge in [0.1, 0.15) is 0 Å². The lowest BCUT2D eigenvalue weighted by Gasteiger charge is -2.18. The van der Waals surface area contributed by atoms with Gasteiger partial charge in [0.15, 0.2) is 0 Å². The number of amides is 3. The quantitative estimate of drug-likeness (QED) is 0.309. The van der Waals surface area contributed by atoms with Gasteiger partial charge in [-0.2, -0.15) is 0 Å². The molecule has 0 aliphatic rings. The summed E-state index contributed by atoms with van der Waals surface area (Å²) in [6.45, 7) is 0.463. The molecule has 7 nitrogen and oxygen atoms in total. The van der Waals surface area contributed by atoms with Gasteiger partial charge >= 0.3 is 0 Å². The maximum absolute atomic E-state index is 12.9. The smallest absolute Gasteiger partial charge is 0.258 e. The highest BCUT2D eigenvalue weighted by Gasteiger charge is 2.14. The number of carbonyl (C=O) groups is 3. The molecule has 0 fully saturated rings.